The quantitative estimate of drug-likeness (QED) is 0.752. The third kappa shape index (κ3) is 4.22. The molecule has 0 radical (unpaired) electrons. The van der Waals surface area contributed by atoms with E-state index in [-0.39, 0.29) is 18.7 Å². The normalized spacial score (nSPS) is 9.47. The molecular formula is C14H14IN3O. The van der Waals surface area contributed by atoms with Gasteiger partial charge in [-0.05, 0) is 41.1 Å². The van der Waals surface area contributed by atoms with Crippen molar-refractivity contribution in [1.29, 1.82) is 10.5 Å². The van der Waals surface area contributed by atoms with E-state index in [0.717, 1.165) is 9.13 Å². The first-order valence-corrected chi connectivity index (χ1v) is 6.98. The zero-order valence-corrected chi connectivity index (χ0v) is 12.8. The molecule has 0 aromatic heterocycles. The van der Waals surface area contributed by atoms with E-state index in [2.05, 4.69) is 22.6 Å². The van der Waals surface area contributed by atoms with Crippen molar-refractivity contribution < 1.29 is 4.79 Å². The fourth-order valence-corrected chi connectivity index (χ4v) is 2.26. The van der Waals surface area contributed by atoms with Crippen molar-refractivity contribution in [2.75, 3.05) is 13.1 Å². The molecule has 0 unspecified atom stereocenters. The fourth-order valence-electron chi connectivity index (χ4n) is 1.67. The van der Waals surface area contributed by atoms with Gasteiger partial charge in [0.1, 0.15) is 0 Å². The fraction of sp³-hybridized carbons (Fsp3) is 0.357. The number of aryl methyl sites for hydroxylation is 1. The first-order valence-electron chi connectivity index (χ1n) is 5.90. The third-order valence-electron chi connectivity index (χ3n) is 2.70. The van der Waals surface area contributed by atoms with E-state index in [0.29, 0.717) is 18.7 Å². The lowest BCUT2D eigenvalue weighted by Crippen LogP contribution is -2.33. The Morgan fingerprint density at radius 1 is 1.26 bits per heavy atom. The Labute approximate surface area is 126 Å². The minimum absolute atomic E-state index is 0.112. The second kappa shape index (κ2) is 7.75. The molecule has 98 valence electrons. The number of rotatable bonds is 5. The van der Waals surface area contributed by atoms with Crippen LogP contribution in [0.15, 0.2) is 18.2 Å². The molecule has 4 nitrogen and oxygen atoms in total. The van der Waals surface area contributed by atoms with Crippen LogP contribution in [0.2, 0.25) is 0 Å². The molecule has 1 amide bonds. The van der Waals surface area contributed by atoms with Crippen LogP contribution in [0.3, 0.4) is 0 Å². The Bertz CT molecular complexity index is 525. The van der Waals surface area contributed by atoms with Crippen molar-refractivity contribution in [3.8, 4) is 12.1 Å². The Morgan fingerprint density at radius 2 is 1.84 bits per heavy atom. The predicted molar refractivity (Wildman–Crippen MR) is 80.3 cm³/mol. The molecule has 0 atom stereocenters. The first kappa shape index (κ1) is 15.5. The van der Waals surface area contributed by atoms with Gasteiger partial charge in [-0.25, -0.2) is 0 Å². The number of nitrogens with zero attached hydrogens (tertiary/aromatic N) is 3. The topological polar surface area (TPSA) is 67.9 Å². The Hall–Kier alpha value is -1.60. The molecule has 0 aliphatic carbocycles. The van der Waals surface area contributed by atoms with Crippen LogP contribution in [0.25, 0.3) is 0 Å². The van der Waals surface area contributed by atoms with Gasteiger partial charge in [0.2, 0.25) is 0 Å². The molecule has 1 aromatic carbocycles. The van der Waals surface area contributed by atoms with E-state index >= 15 is 0 Å². The van der Waals surface area contributed by atoms with Crippen LogP contribution in [0.5, 0.6) is 0 Å². The molecule has 0 N–H and O–H groups in total. The van der Waals surface area contributed by atoms with E-state index in [4.69, 9.17) is 10.5 Å². The van der Waals surface area contributed by atoms with Crippen molar-refractivity contribution in [2.45, 2.75) is 19.8 Å². The summed E-state index contributed by atoms with van der Waals surface area (Å²) in [7, 11) is 0. The number of benzene rings is 1. The zero-order valence-electron chi connectivity index (χ0n) is 10.7. The van der Waals surface area contributed by atoms with Crippen LogP contribution in [0, 0.1) is 33.2 Å². The van der Waals surface area contributed by atoms with Gasteiger partial charge in [-0.2, -0.15) is 10.5 Å². The van der Waals surface area contributed by atoms with Gasteiger partial charge in [-0.15, -0.1) is 0 Å². The van der Waals surface area contributed by atoms with Gasteiger partial charge in [-0.1, -0.05) is 12.1 Å². The van der Waals surface area contributed by atoms with Crippen LogP contribution in [0.4, 0.5) is 0 Å². The van der Waals surface area contributed by atoms with E-state index in [1.165, 1.54) is 0 Å². The van der Waals surface area contributed by atoms with Gasteiger partial charge in [-0.3, -0.25) is 4.79 Å². The molecule has 0 aliphatic rings. The number of hydrogen-bond donors (Lipinski definition) is 0. The summed E-state index contributed by atoms with van der Waals surface area (Å²) < 4.78 is 0.920. The number of halogens is 1. The van der Waals surface area contributed by atoms with Crippen LogP contribution in [-0.2, 0) is 0 Å². The summed E-state index contributed by atoms with van der Waals surface area (Å²) in [5.41, 5.74) is 1.68. The van der Waals surface area contributed by atoms with Gasteiger partial charge in [0.05, 0.1) is 30.5 Å². The second-order valence-corrected chi connectivity index (χ2v) is 5.12. The average Bonchev–Trinajstić information content (AvgIpc) is 2.41. The lowest BCUT2D eigenvalue weighted by atomic mass is 10.1. The van der Waals surface area contributed by atoms with Crippen molar-refractivity contribution in [3.63, 3.8) is 0 Å². The van der Waals surface area contributed by atoms with E-state index in [1.807, 2.05) is 31.2 Å². The van der Waals surface area contributed by atoms with Crippen molar-refractivity contribution in [3.05, 3.63) is 32.9 Å². The number of nitriles is 2. The SMILES string of the molecule is Cc1cccc(C(=O)N(CCC#N)CCC#N)c1I. The minimum Gasteiger partial charge on any atom is -0.337 e. The first-order chi connectivity index (χ1) is 9.11. The van der Waals surface area contributed by atoms with Gasteiger partial charge in [0.25, 0.3) is 5.91 Å². The number of carbonyl (C=O) groups excluding carboxylic acids is 1. The summed E-state index contributed by atoms with van der Waals surface area (Å²) in [5.74, 6) is -0.112. The molecule has 1 rings (SSSR count). The number of amides is 1. The highest BCUT2D eigenvalue weighted by Gasteiger charge is 2.18. The summed E-state index contributed by atoms with van der Waals surface area (Å²) in [6.07, 6.45) is 0.555. The largest absolute Gasteiger partial charge is 0.337 e. The average molecular weight is 367 g/mol. The zero-order chi connectivity index (χ0) is 14.3. The van der Waals surface area contributed by atoms with E-state index in [9.17, 15) is 4.79 Å². The summed E-state index contributed by atoms with van der Waals surface area (Å²) in [5, 5.41) is 17.3. The van der Waals surface area contributed by atoms with Crippen LogP contribution >= 0.6 is 22.6 Å². The summed E-state index contributed by atoms with van der Waals surface area (Å²) in [6, 6.07) is 9.63. The standard InChI is InChI=1S/C14H14IN3O/c1-11-5-2-6-12(13(11)15)14(19)18(9-3-7-16)10-4-8-17/h2,5-6H,3-4,9-10H2,1H3. The van der Waals surface area contributed by atoms with Crippen LogP contribution < -0.4 is 0 Å². The lowest BCUT2D eigenvalue weighted by Gasteiger charge is -2.21. The molecule has 0 spiro atoms. The molecule has 0 bridgehead atoms. The van der Waals surface area contributed by atoms with Crippen LogP contribution in [0.1, 0.15) is 28.8 Å². The van der Waals surface area contributed by atoms with Gasteiger partial charge in [0.15, 0.2) is 0 Å². The summed E-state index contributed by atoms with van der Waals surface area (Å²) in [6.45, 7) is 2.68. The molecular weight excluding hydrogens is 353 g/mol. The highest BCUT2D eigenvalue weighted by molar-refractivity contribution is 14.1. The van der Waals surface area contributed by atoms with Gasteiger partial charge < -0.3 is 4.90 Å². The maximum Gasteiger partial charge on any atom is 0.255 e. The summed E-state index contributed by atoms with van der Waals surface area (Å²) >= 11 is 2.15. The van der Waals surface area contributed by atoms with E-state index < -0.39 is 0 Å². The Kier molecular flexibility index (Phi) is 6.31. The Morgan fingerprint density at radius 3 is 2.37 bits per heavy atom. The van der Waals surface area contributed by atoms with Crippen LogP contribution in [-0.4, -0.2) is 23.9 Å². The summed E-state index contributed by atoms with van der Waals surface area (Å²) in [4.78, 5) is 14.0. The van der Waals surface area contributed by atoms with Gasteiger partial charge in [0, 0.05) is 16.7 Å². The molecule has 0 fully saturated rings. The second-order valence-electron chi connectivity index (χ2n) is 4.04. The minimum atomic E-state index is -0.112. The highest BCUT2D eigenvalue weighted by Crippen LogP contribution is 2.18. The van der Waals surface area contributed by atoms with Crippen molar-refractivity contribution >= 4 is 28.5 Å². The monoisotopic (exact) mass is 367 g/mol. The Balaban J connectivity index is 2.95. The molecule has 0 saturated carbocycles. The molecule has 5 heteroatoms. The molecule has 0 heterocycles. The molecule has 0 aliphatic heterocycles. The highest BCUT2D eigenvalue weighted by atomic mass is 127. The number of carbonyl (C=O) groups is 1. The van der Waals surface area contributed by atoms with Crippen molar-refractivity contribution in [2.24, 2.45) is 0 Å². The number of hydrogen-bond acceptors (Lipinski definition) is 3. The van der Waals surface area contributed by atoms with E-state index in [1.54, 1.807) is 11.0 Å². The maximum atomic E-state index is 12.4. The predicted octanol–water partition coefficient (Wildman–Crippen LogP) is 2.87. The van der Waals surface area contributed by atoms with Gasteiger partial charge >= 0.3 is 0 Å². The molecule has 0 saturated heterocycles. The molecule has 19 heavy (non-hydrogen) atoms. The maximum absolute atomic E-state index is 12.4. The van der Waals surface area contributed by atoms with Crippen molar-refractivity contribution in [1.82, 2.24) is 4.90 Å². The lowest BCUT2D eigenvalue weighted by molar-refractivity contribution is 0.0761. The molecule has 1 aromatic rings. The third-order valence-corrected chi connectivity index (χ3v) is 4.13. The smallest absolute Gasteiger partial charge is 0.255 e.